The van der Waals surface area contributed by atoms with Gasteiger partial charge in [0.15, 0.2) is 0 Å². The SMILES string of the molecule is O=C1NCCCCOc2ccc(cc2)Nc2cc(ncn2)Nc2cccc(c2)CN2CCC(O)C1C2. The number of fused-ring (bicyclic) bond motifs is 8. The summed E-state index contributed by atoms with van der Waals surface area (Å²) in [6, 6.07) is 17.8. The molecule has 4 N–H and O–H groups in total. The molecule has 0 aliphatic carbocycles. The monoisotopic (exact) mass is 488 g/mol. The van der Waals surface area contributed by atoms with E-state index in [2.05, 4.69) is 43.0 Å². The van der Waals surface area contributed by atoms with Crippen molar-refractivity contribution in [2.75, 3.05) is 36.9 Å². The van der Waals surface area contributed by atoms with Gasteiger partial charge in [-0.05, 0) is 61.2 Å². The summed E-state index contributed by atoms with van der Waals surface area (Å²) in [4.78, 5) is 23.7. The summed E-state index contributed by atoms with van der Waals surface area (Å²) in [6.07, 6.45) is 3.13. The van der Waals surface area contributed by atoms with Crippen LogP contribution in [0, 0.1) is 5.92 Å². The van der Waals surface area contributed by atoms with Crippen LogP contribution >= 0.6 is 0 Å². The lowest BCUT2D eigenvalue weighted by molar-refractivity contribution is -0.131. The lowest BCUT2D eigenvalue weighted by Crippen LogP contribution is -2.49. The van der Waals surface area contributed by atoms with Crippen LogP contribution in [0.5, 0.6) is 5.75 Å². The van der Waals surface area contributed by atoms with Crippen LogP contribution in [0.15, 0.2) is 60.9 Å². The van der Waals surface area contributed by atoms with Crippen LogP contribution < -0.4 is 20.7 Å². The first-order valence-electron chi connectivity index (χ1n) is 12.5. The van der Waals surface area contributed by atoms with Crippen molar-refractivity contribution in [3.05, 3.63) is 66.5 Å². The van der Waals surface area contributed by atoms with Gasteiger partial charge in [0.1, 0.15) is 23.7 Å². The van der Waals surface area contributed by atoms with E-state index in [0.717, 1.165) is 42.1 Å². The first-order valence-corrected chi connectivity index (χ1v) is 12.5. The van der Waals surface area contributed by atoms with Crippen molar-refractivity contribution in [3.63, 3.8) is 0 Å². The minimum atomic E-state index is -0.615. The summed E-state index contributed by atoms with van der Waals surface area (Å²) in [5.41, 5.74) is 2.95. The van der Waals surface area contributed by atoms with Gasteiger partial charge >= 0.3 is 0 Å². The minimum absolute atomic E-state index is 0.0791. The van der Waals surface area contributed by atoms with Crippen molar-refractivity contribution >= 4 is 28.9 Å². The van der Waals surface area contributed by atoms with Crippen molar-refractivity contribution in [2.24, 2.45) is 5.92 Å². The zero-order chi connectivity index (χ0) is 24.7. The molecule has 2 aromatic carbocycles. The molecule has 36 heavy (non-hydrogen) atoms. The molecule has 1 amide bonds. The van der Waals surface area contributed by atoms with Crippen LogP contribution in [0.25, 0.3) is 0 Å². The second-order valence-electron chi connectivity index (χ2n) is 9.31. The number of piperidine rings is 1. The van der Waals surface area contributed by atoms with Crippen LogP contribution in [0.2, 0.25) is 0 Å². The smallest absolute Gasteiger partial charge is 0.227 e. The number of anilines is 4. The number of aliphatic hydroxyl groups excluding tert-OH is 1. The lowest BCUT2D eigenvalue weighted by Gasteiger charge is -2.35. The number of hydrogen-bond donors (Lipinski definition) is 4. The molecular formula is C27H32N6O3. The molecule has 3 aromatic rings. The van der Waals surface area contributed by atoms with Crippen LogP contribution in [0.1, 0.15) is 24.8 Å². The van der Waals surface area contributed by atoms with Crippen molar-refractivity contribution in [3.8, 4) is 5.75 Å². The summed E-state index contributed by atoms with van der Waals surface area (Å²) >= 11 is 0. The maximum Gasteiger partial charge on any atom is 0.227 e. The predicted molar refractivity (Wildman–Crippen MR) is 139 cm³/mol. The Labute approximate surface area is 210 Å². The molecule has 0 spiro atoms. The molecule has 3 atom stereocenters. The molecule has 9 nitrogen and oxygen atoms in total. The Balaban J connectivity index is 1.36. The third kappa shape index (κ3) is 6.30. The van der Waals surface area contributed by atoms with Gasteiger partial charge in [0.2, 0.25) is 5.91 Å². The fourth-order valence-corrected chi connectivity index (χ4v) is 4.60. The summed E-state index contributed by atoms with van der Waals surface area (Å²) in [7, 11) is 0. The topological polar surface area (TPSA) is 112 Å². The molecular weight excluding hydrogens is 456 g/mol. The third-order valence-corrected chi connectivity index (χ3v) is 6.54. The Kier molecular flexibility index (Phi) is 7.58. The Hall–Kier alpha value is -3.69. The Morgan fingerprint density at radius 2 is 1.78 bits per heavy atom. The van der Waals surface area contributed by atoms with E-state index in [4.69, 9.17) is 4.74 Å². The van der Waals surface area contributed by atoms with Gasteiger partial charge in [-0.2, -0.15) is 0 Å². The highest BCUT2D eigenvalue weighted by Gasteiger charge is 2.33. The van der Waals surface area contributed by atoms with E-state index in [1.807, 2.05) is 42.5 Å². The van der Waals surface area contributed by atoms with Crippen molar-refractivity contribution < 1.29 is 14.6 Å². The second-order valence-corrected chi connectivity index (χ2v) is 9.31. The van der Waals surface area contributed by atoms with Crippen molar-refractivity contribution in [2.45, 2.75) is 31.9 Å². The normalized spacial score (nSPS) is 22.9. The second kappa shape index (κ2) is 11.4. The number of carbonyl (C=O) groups is 1. The number of carbonyl (C=O) groups excluding carboxylic acids is 1. The first kappa shape index (κ1) is 24.0. The van der Waals surface area contributed by atoms with E-state index >= 15 is 0 Å². The Bertz CT molecular complexity index is 1170. The van der Waals surface area contributed by atoms with E-state index in [0.29, 0.717) is 44.3 Å². The highest BCUT2D eigenvalue weighted by molar-refractivity contribution is 5.79. The molecule has 3 aliphatic rings. The Morgan fingerprint density at radius 3 is 2.61 bits per heavy atom. The van der Waals surface area contributed by atoms with E-state index in [1.165, 1.54) is 6.33 Å². The van der Waals surface area contributed by atoms with E-state index in [9.17, 15) is 9.90 Å². The first-order chi connectivity index (χ1) is 17.6. The average Bonchev–Trinajstić information content (AvgIpc) is 2.88. The van der Waals surface area contributed by atoms with Crippen LogP contribution in [0.4, 0.5) is 23.0 Å². The number of aliphatic hydroxyl groups is 1. The molecule has 9 heteroatoms. The molecule has 0 saturated carbocycles. The highest BCUT2D eigenvalue weighted by Crippen LogP contribution is 2.24. The van der Waals surface area contributed by atoms with E-state index in [-0.39, 0.29) is 5.91 Å². The molecule has 3 aliphatic heterocycles. The van der Waals surface area contributed by atoms with Gasteiger partial charge in [-0.1, -0.05) is 12.1 Å². The van der Waals surface area contributed by atoms with E-state index in [1.54, 1.807) is 0 Å². The fourth-order valence-electron chi connectivity index (χ4n) is 4.60. The number of benzene rings is 2. The molecule has 1 aromatic heterocycles. The summed E-state index contributed by atoms with van der Waals surface area (Å²) in [5, 5.41) is 20.2. The largest absolute Gasteiger partial charge is 0.494 e. The zero-order valence-electron chi connectivity index (χ0n) is 20.2. The van der Waals surface area contributed by atoms with Gasteiger partial charge in [-0.3, -0.25) is 9.69 Å². The van der Waals surface area contributed by atoms with Crippen LogP contribution in [-0.4, -0.2) is 58.2 Å². The predicted octanol–water partition coefficient (Wildman–Crippen LogP) is 3.44. The number of ether oxygens (including phenoxy) is 1. The Morgan fingerprint density at radius 1 is 0.972 bits per heavy atom. The van der Waals surface area contributed by atoms with Crippen LogP contribution in [-0.2, 0) is 11.3 Å². The molecule has 1 fully saturated rings. The summed E-state index contributed by atoms with van der Waals surface area (Å²) in [5.74, 6) is 1.65. The quantitative estimate of drug-likeness (QED) is 0.381. The van der Waals surface area contributed by atoms with Crippen molar-refractivity contribution in [1.82, 2.24) is 20.2 Å². The number of nitrogens with one attached hydrogen (secondary N) is 3. The van der Waals surface area contributed by atoms with Gasteiger partial charge < -0.3 is 25.8 Å². The molecule has 6 rings (SSSR count). The summed E-state index contributed by atoms with van der Waals surface area (Å²) in [6.45, 7) is 3.13. The number of hydrogen-bond acceptors (Lipinski definition) is 8. The number of amides is 1. The zero-order valence-corrected chi connectivity index (χ0v) is 20.2. The molecule has 188 valence electrons. The van der Waals surface area contributed by atoms with Gasteiger partial charge in [-0.15, -0.1) is 0 Å². The minimum Gasteiger partial charge on any atom is -0.494 e. The van der Waals surface area contributed by atoms with E-state index < -0.39 is 12.0 Å². The highest BCUT2D eigenvalue weighted by atomic mass is 16.5. The third-order valence-electron chi connectivity index (χ3n) is 6.54. The standard InChI is InChI=1S/C27H32N6O3/c34-24-10-12-33-16-19-4-3-5-21(14-19)32-26-15-25(29-18-30-26)31-20-6-8-22(9-7-20)36-13-2-1-11-28-27(35)23(24)17-33/h3-9,14-15,18,23-24,34H,1-2,10-13,16-17H2,(H,28,35)(H2,29,30,31,32). The summed E-state index contributed by atoms with van der Waals surface area (Å²) < 4.78 is 5.84. The lowest BCUT2D eigenvalue weighted by atomic mass is 9.93. The fraction of sp³-hybridized carbons (Fsp3) is 0.370. The maximum atomic E-state index is 12.8. The van der Waals surface area contributed by atoms with Gasteiger partial charge in [0.05, 0.1) is 18.6 Å². The van der Waals surface area contributed by atoms with Gasteiger partial charge in [0.25, 0.3) is 0 Å². The van der Waals surface area contributed by atoms with Gasteiger partial charge in [-0.25, -0.2) is 9.97 Å². The molecule has 1 saturated heterocycles. The maximum absolute atomic E-state index is 12.8. The molecule has 4 heterocycles. The van der Waals surface area contributed by atoms with Crippen molar-refractivity contribution in [1.29, 1.82) is 0 Å². The average molecular weight is 489 g/mol. The molecule has 3 unspecified atom stereocenters. The molecule has 8 bridgehead atoms. The van der Waals surface area contributed by atoms with Gasteiger partial charge in [0, 0.05) is 43.6 Å². The number of rotatable bonds is 0. The number of nitrogens with zero attached hydrogens (tertiary/aromatic N) is 3. The van der Waals surface area contributed by atoms with Crippen LogP contribution in [0.3, 0.4) is 0 Å². The number of aromatic nitrogens is 2. The molecule has 0 radical (unpaired) electrons.